The molecule has 1 aliphatic carbocycles. The second kappa shape index (κ2) is 3.95. The molecule has 0 aliphatic heterocycles. The van der Waals surface area contributed by atoms with Gasteiger partial charge in [0.1, 0.15) is 0 Å². The molecule has 88 valence electrons. The fourth-order valence-corrected chi connectivity index (χ4v) is 4.07. The standard InChI is InChI=1S/C15H18NS/c1-10-7-11(2)15(12(3)8-10)16-9-17-14-6-4-5-13(14)16/h7-9H,4-6H2,1-3H3/q+1. The molecule has 1 aliphatic rings. The van der Waals surface area contributed by atoms with Crippen molar-refractivity contribution in [3.63, 3.8) is 0 Å². The summed E-state index contributed by atoms with van der Waals surface area (Å²) in [7, 11) is 0. The van der Waals surface area contributed by atoms with Crippen LogP contribution in [0.15, 0.2) is 17.6 Å². The van der Waals surface area contributed by atoms with Gasteiger partial charge in [-0.1, -0.05) is 16.9 Å². The van der Waals surface area contributed by atoms with E-state index in [1.165, 1.54) is 41.6 Å². The highest BCUT2D eigenvalue weighted by atomic mass is 32.1. The number of hydrogen-bond donors (Lipinski definition) is 0. The van der Waals surface area contributed by atoms with E-state index < -0.39 is 0 Å². The van der Waals surface area contributed by atoms with E-state index in [1.807, 2.05) is 11.3 Å². The van der Waals surface area contributed by atoms with Crippen LogP contribution in [-0.4, -0.2) is 0 Å². The van der Waals surface area contributed by atoms with Crippen molar-refractivity contribution in [2.45, 2.75) is 40.0 Å². The van der Waals surface area contributed by atoms with E-state index in [0.717, 1.165) is 0 Å². The number of benzene rings is 1. The quantitative estimate of drug-likeness (QED) is 0.677. The number of thiazole rings is 1. The smallest absolute Gasteiger partial charge is 0.153 e. The number of aryl methyl sites for hydroxylation is 4. The van der Waals surface area contributed by atoms with Crippen LogP contribution in [0.3, 0.4) is 0 Å². The van der Waals surface area contributed by atoms with Gasteiger partial charge < -0.3 is 0 Å². The van der Waals surface area contributed by atoms with Gasteiger partial charge in [0.15, 0.2) is 0 Å². The van der Waals surface area contributed by atoms with Crippen LogP contribution in [0.2, 0.25) is 0 Å². The predicted molar refractivity (Wildman–Crippen MR) is 72.1 cm³/mol. The minimum absolute atomic E-state index is 1.24. The third kappa shape index (κ3) is 1.71. The van der Waals surface area contributed by atoms with Crippen molar-refractivity contribution in [3.05, 3.63) is 44.9 Å². The van der Waals surface area contributed by atoms with Crippen molar-refractivity contribution in [1.29, 1.82) is 0 Å². The van der Waals surface area contributed by atoms with Crippen LogP contribution in [0.25, 0.3) is 5.69 Å². The Morgan fingerprint density at radius 3 is 2.47 bits per heavy atom. The van der Waals surface area contributed by atoms with Crippen LogP contribution in [0.4, 0.5) is 0 Å². The van der Waals surface area contributed by atoms with Crippen molar-refractivity contribution < 1.29 is 4.57 Å². The van der Waals surface area contributed by atoms with Crippen LogP contribution in [0.5, 0.6) is 0 Å². The first kappa shape index (κ1) is 11.0. The lowest BCUT2D eigenvalue weighted by molar-refractivity contribution is -0.599. The Morgan fingerprint density at radius 2 is 1.76 bits per heavy atom. The van der Waals surface area contributed by atoms with Gasteiger partial charge in [-0.05, 0) is 45.7 Å². The van der Waals surface area contributed by atoms with Gasteiger partial charge in [-0.2, -0.15) is 4.57 Å². The second-order valence-electron chi connectivity index (χ2n) is 5.06. The van der Waals surface area contributed by atoms with Crippen LogP contribution in [0, 0.1) is 20.8 Å². The van der Waals surface area contributed by atoms with Gasteiger partial charge >= 0.3 is 0 Å². The van der Waals surface area contributed by atoms with Crippen LogP contribution >= 0.6 is 11.3 Å². The normalized spacial score (nSPS) is 14.1. The first-order valence-corrected chi connectivity index (χ1v) is 7.14. The topological polar surface area (TPSA) is 3.88 Å². The lowest BCUT2D eigenvalue weighted by atomic mass is 10.0. The molecule has 0 saturated heterocycles. The van der Waals surface area contributed by atoms with Gasteiger partial charge in [-0.25, -0.2) is 0 Å². The summed E-state index contributed by atoms with van der Waals surface area (Å²) in [5.41, 5.74) is 9.37. The molecule has 2 aromatic rings. The average molecular weight is 244 g/mol. The zero-order chi connectivity index (χ0) is 12.0. The summed E-state index contributed by atoms with van der Waals surface area (Å²) in [6, 6.07) is 4.57. The van der Waals surface area contributed by atoms with Crippen molar-refractivity contribution in [2.24, 2.45) is 0 Å². The monoisotopic (exact) mass is 244 g/mol. The molecule has 0 saturated carbocycles. The third-order valence-electron chi connectivity index (χ3n) is 3.61. The Bertz CT molecular complexity index is 558. The van der Waals surface area contributed by atoms with Gasteiger partial charge in [0, 0.05) is 17.5 Å². The Balaban J connectivity index is 2.22. The Hall–Kier alpha value is -1.15. The van der Waals surface area contributed by atoms with Crippen LogP contribution in [-0.2, 0) is 12.8 Å². The summed E-state index contributed by atoms with van der Waals surface area (Å²) in [4.78, 5) is 1.59. The molecule has 0 spiro atoms. The predicted octanol–water partition coefficient (Wildman–Crippen LogP) is 3.44. The summed E-state index contributed by atoms with van der Waals surface area (Å²) in [6.07, 6.45) is 3.84. The maximum Gasteiger partial charge on any atom is 0.231 e. The van der Waals surface area contributed by atoms with Gasteiger partial charge in [-0.3, -0.25) is 0 Å². The fraction of sp³-hybridized carbons (Fsp3) is 0.400. The Morgan fingerprint density at radius 1 is 1.06 bits per heavy atom. The van der Waals surface area contributed by atoms with E-state index in [9.17, 15) is 0 Å². The summed E-state index contributed by atoms with van der Waals surface area (Å²) in [5, 5.41) is 0. The lowest BCUT2D eigenvalue weighted by Gasteiger charge is -2.05. The molecule has 1 aromatic carbocycles. The van der Waals surface area contributed by atoms with Crippen LogP contribution < -0.4 is 4.57 Å². The molecule has 0 bridgehead atoms. The SMILES string of the molecule is Cc1cc(C)c(-[n+]2csc3c2CCC3)c(C)c1. The maximum atomic E-state index is 2.43. The molecule has 1 heterocycles. The van der Waals surface area contributed by atoms with E-state index in [0.29, 0.717) is 0 Å². The first-order valence-electron chi connectivity index (χ1n) is 6.26. The van der Waals surface area contributed by atoms with Crippen molar-refractivity contribution in [1.82, 2.24) is 0 Å². The van der Waals surface area contributed by atoms with E-state index in [-0.39, 0.29) is 0 Å². The van der Waals surface area contributed by atoms with Gasteiger partial charge in [-0.15, -0.1) is 0 Å². The number of rotatable bonds is 1. The number of nitrogens with zero attached hydrogens (tertiary/aromatic N) is 1. The summed E-state index contributed by atoms with van der Waals surface area (Å²) < 4.78 is 2.43. The number of aromatic nitrogens is 1. The molecule has 1 aromatic heterocycles. The first-order chi connectivity index (χ1) is 8.16. The average Bonchev–Trinajstić information content (AvgIpc) is 2.80. The highest BCUT2D eigenvalue weighted by Crippen LogP contribution is 2.26. The molecular formula is C15H18NS+. The molecule has 0 atom stereocenters. The van der Waals surface area contributed by atoms with E-state index in [4.69, 9.17) is 0 Å². The summed E-state index contributed by atoms with van der Waals surface area (Å²) in [6.45, 7) is 6.62. The van der Waals surface area contributed by atoms with Gasteiger partial charge in [0.2, 0.25) is 16.9 Å². The van der Waals surface area contributed by atoms with Crippen molar-refractivity contribution in [2.75, 3.05) is 0 Å². The molecule has 0 unspecified atom stereocenters. The summed E-state index contributed by atoms with van der Waals surface area (Å²) >= 11 is 1.92. The molecule has 1 nitrogen and oxygen atoms in total. The molecule has 0 radical (unpaired) electrons. The lowest BCUT2D eigenvalue weighted by Crippen LogP contribution is -2.34. The Kier molecular flexibility index (Phi) is 2.55. The van der Waals surface area contributed by atoms with E-state index in [2.05, 4.69) is 43.0 Å². The minimum Gasteiger partial charge on any atom is -0.153 e. The minimum atomic E-state index is 1.24. The molecule has 0 fully saturated rings. The fourth-order valence-electron chi connectivity index (χ4n) is 3.00. The zero-order valence-electron chi connectivity index (χ0n) is 10.7. The molecule has 0 amide bonds. The van der Waals surface area contributed by atoms with Gasteiger partial charge in [0.05, 0.1) is 4.88 Å². The highest BCUT2D eigenvalue weighted by Gasteiger charge is 2.27. The van der Waals surface area contributed by atoms with Crippen LogP contribution in [0.1, 0.15) is 33.7 Å². The molecular weight excluding hydrogens is 226 g/mol. The molecule has 17 heavy (non-hydrogen) atoms. The maximum absolute atomic E-state index is 2.43. The number of fused-ring (bicyclic) bond motifs is 1. The Labute approximate surface area is 107 Å². The molecule has 2 heteroatoms. The molecule has 0 N–H and O–H groups in total. The summed E-state index contributed by atoms with van der Waals surface area (Å²) in [5.74, 6) is 0. The van der Waals surface area contributed by atoms with E-state index >= 15 is 0 Å². The largest absolute Gasteiger partial charge is 0.231 e. The zero-order valence-corrected chi connectivity index (χ0v) is 11.5. The van der Waals surface area contributed by atoms with Gasteiger partial charge in [0.25, 0.3) is 0 Å². The van der Waals surface area contributed by atoms with E-state index in [1.54, 1.807) is 10.6 Å². The van der Waals surface area contributed by atoms with Crippen molar-refractivity contribution >= 4 is 11.3 Å². The van der Waals surface area contributed by atoms with Crippen molar-refractivity contribution in [3.8, 4) is 5.69 Å². The molecule has 3 rings (SSSR count). The third-order valence-corrected chi connectivity index (χ3v) is 4.65. The second-order valence-corrected chi connectivity index (χ2v) is 6.00. The number of hydrogen-bond acceptors (Lipinski definition) is 1. The highest BCUT2D eigenvalue weighted by molar-refractivity contribution is 7.09.